The maximum absolute atomic E-state index is 12.2. The van der Waals surface area contributed by atoms with Crippen molar-refractivity contribution in [2.75, 3.05) is 19.5 Å². The van der Waals surface area contributed by atoms with Crippen LogP contribution in [0.3, 0.4) is 0 Å². The highest BCUT2D eigenvalue weighted by atomic mass is 16.5. The summed E-state index contributed by atoms with van der Waals surface area (Å²) in [5.41, 5.74) is 0.771. The summed E-state index contributed by atoms with van der Waals surface area (Å²) in [7, 11) is 2.97. The van der Waals surface area contributed by atoms with E-state index in [1.54, 1.807) is 48.5 Å². The van der Waals surface area contributed by atoms with Gasteiger partial charge in [-0.1, -0.05) is 18.2 Å². The van der Waals surface area contributed by atoms with E-state index in [0.717, 1.165) is 0 Å². The maximum Gasteiger partial charge on any atom is 0.258 e. The van der Waals surface area contributed by atoms with Crippen LogP contribution in [0.25, 0.3) is 11.3 Å². The van der Waals surface area contributed by atoms with E-state index < -0.39 is 17.4 Å². The fourth-order valence-corrected chi connectivity index (χ4v) is 2.43. The van der Waals surface area contributed by atoms with Crippen molar-refractivity contribution in [2.24, 2.45) is 0 Å². The predicted molar refractivity (Wildman–Crippen MR) is 95.0 cm³/mol. The van der Waals surface area contributed by atoms with E-state index in [1.165, 1.54) is 14.2 Å². The zero-order valence-corrected chi connectivity index (χ0v) is 14.1. The Balaban J connectivity index is 1.97. The number of amides is 1. The summed E-state index contributed by atoms with van der Waals surface area (Å²) in [5, 5.41) is 22.8. The maximum atomic E-state index is 12.2. The van der Waals surface area contributed by atoms with E-state index in [4.69, 9.17) is 13.9 Å². The van der Waals surface area contributed by atoms with Crippen molar-refractivity contribution >= 4 is 11.8 Å². The van der Waals surface area contributed by atoms with Crippen molar-refractivity contribution in [3.05, 3.63) is 54.1 Å². The molecular weight excluding hydrogens is 338 g/mol. The normalized spacial score (nSPS) is 10.4. The Bertz CT molecular complexity index is 933. The number of rotatable bonds is 5. The first-order valence-electron chi connectivity index (χ1n) is 7.68. The summed E-state index contributed by atoms with van der Waals surface area (Å²) < 4.78 is 15.9. The van der Waals surface area contributed by atoms with Gasteiger partial charge in [-0.25, -0.2) is 0 Å². The Morgan fingerprint density at radius 2 is 1.73 bits per heavy atom. The summed E-state index contributed by atoms with van der Waals surface area (Å²) in [6.45, 7) is 0. The number of methoxy groups -OCH3 is 2. The molecule has 2 aromatic carbocycles. The summed E-state index contributed by atoms with van der Waals surface area (Å²) >= 11 is 0. The monoisotopic (exact) mass is 355 g/mol. The van der Waals surface area contributed by atoms with Crippen LogP contribution >= 0.6 is 0 Å². The molecule has 0 atom stereocenters. The first-order chi connectivity index (χ1) is 12.5. The molecule has 26 heavy (non-hydrogen) atoms. The Kier molecular flexibility index (Phi) is 4.70. The van der Waals surface area contributed by atoms with Crippen LogP contribution < -0.4 is 14.8 Å². The zero-order chi connectivity index (χ0) is 18.7. The molecule has 0 radical (unpaired) electrons. The molecule has 0 aliphatic carbocycles. The van der Waals surface area contributed by atoms with Gasteiger partial charge in [0.15, 0.2) is 5.76 Å². The quantitative estimate of drug-likeness (QED) is 0.646. The van der Waals surface area contributed by atoms with Gasteiger partial charge in [-0.2, -0.15) is 0 Å². The Hall–Kier alpha value is -3.61. The topological polar surface area (TPSA) is 101 Å². The van der Waals surface area contributed by atoms with Crippen molar-refractivity contribution in [3.8, 4) is 34.3 Å². The molecule has 0 spiro atoms. The molecular formula is C19H17NO6. The molecule has 7 heteroatoms. The highest BCUT2D eigenvalue weighted by molar-refractivity contribution is 6.04. The number of hydrogen-bond acceptors (Lipinski definition) is 6. The molecule has 0 saturated carbocycles. The van der Waals surface area contributed by atoms with Gasteiger partial charge >= 0.3 is 0 Å². The highest BCUT2D eigenvalue weighted by Gasteiger charge is 2.24. The van der Waals surface area contributed by atoms with Crippen LogP contribution in [0.1, 0.15) is 10.4 Å². The van der Waals surface area contributed by atoms with Crippen molar-refractivity contribution in [3.63, 3.8) is 0 Å². The van der Waals surface area contributed by atoms with Gasteiger partial charge in [0.05, 0.1) is 19.8 Å². The van der Waals surface area contributed by atoms with Gasteiger partial charge in [0, 0.05) is 11.6 Å². The van der Waals surface area contributed by atoms with Crippen LogP contribution in [0, 0.1) is 0 Å². The van der Waals surface area contributed by atoms with Gasteiger partial charge in [-0.3, -0.25) is 10.1 Å². The van der Waals surface area contributed by atoms with Gasteiger partial charge in [-0.05, 0) is 24.3 Å². The van der Waals surface area contributed by atoms with E-state index in [0.29, 0.717) is 22.6 Å². The second kappa shape index (κ2) is 7.10. The first kappa shape index (κ1) is 17.2. The molecule has 7 nitrogen and oxygen atoms in total. The smallest absolute Gasteiger partial charge is 0.258 e. The number of nitrogens with one attached hydrogen (secondary N) is 1. The standard InChI is InChI=1S/C19H17NO6/c1-24-12-8-9-13(14(10-12)25-2)17-15(21)16(22)19(26-17)20-18(23)11-6-4-3-5-7-11/h3-10,21-22H,1-2H3,(H,20,23). The average Bonchev–Trinajstić information content (AvgIpc) is 2.96. The summed E-state index contributed by atoms with van der Waals surface area (Å²) in [6, 6.07) is 13.3. The Morgan fingerprint density at radius 1 is 1.00 bits per heavy atom. The van der Waals surface area contributed by atoms with Crippen LogP contribution in [-0.4, -0.2) is 30.3 Å². The van der Waals surface area contributed by atoms with E-state index in [-0.39, 0.29) is 11.6 Å². The lowest BCUT2D eigenvalue weighted by Crippen LogP contribution is -2.11. The SMILES string of the molecule is COc1ccc(-c2oc(NC(=O)c3ccccc3)c(O)c2O)c(OC)c1. The first-order valence-corrected chi connectivity index (χ1v) is 7.68. The Labute approximate surface area is 149 Å². The van der Waals surface area contributed by atoms with Crippen LogP contribution in [0.4, 0.5) is 5.88 Å². The van der Waals surface area contributed by atoms with Gasteiger partial charge in [0.25, 0.3) is 5.91 Å². The van der Waals surface area contributed by atoms with Crippen LogP contribution in [-0.2, 0) is 0 Å². The Morgan fingerprint density at radius 3 is 2.38 bits per heavy atom. The van der Waals surface area contributed by atoms with E-state index >= 15 is 0 Å². The van der Waals surface area contributed by atoms with Crippen LogP contribution in [0.5, 0.6) is 23.0 Å². The molecule has 1 amide bonds. The molecule has 1 aromatic heterocycles. The zero-order valence-electron chi connectivity index (χ0n) is 14.1. The molecule has 134 valence electrons. The summed E-state index contributed by atoms with van der Waals surface area (Å²) in [4.78, 5) is 12.2. The van der Waals surface area contributed by atoms with Gasteiger partial charge in [0.1, 0.15) is 11.5 Å². The van der Waals surface area contributed by atoms with Crippen molar-refractivity contribution in [1.82, 2.24) is 0 Å². The molecule has 0 bridgehead atoms. The second-order valence-corrected chi connectivity index (χ2v) is 5.34. The number of carbonyl (C=O) groups is 1. The molecule has 0 fully saturated rings. The number of furan rings is 1. The lowest BCUT2D eigenvalue weighted by atomic mass is 10.1. The number of aromatic hydroxyl groups is 2. The largest absolute Gasteiger partial charge is 0.502 e. The molecule has 0 aliphatic rings. The van der Waals surface area contributed by atoms with Gasteiger partial charge in [0.2, 0.25) is 17.4 Å². The number of benzene rings is 2. The van der Waals surface area contributed by atoms with Crippen molar-refractivity contribution in [1.29, 1.82) is 0 Å². The molecule has 0 aliphatic heterocycles. The molecule has 0 saturated heterocycles. The third-order valence-electron chi connectivity index (χ3n) is 3.77. The van der Waals surface area contributed by atoms with Crippen LogP contribution in [0.2, 0.25) is 0 Å². The molecule has 3 aromatic rings. The second-order valence-electron chi connectivity index (χ2n) is 5.34. The van der Waals surface area contributed by atoms with Crippen molar-refractivity contribution in [2.45, 2.75) is 0 Å². The lowest BCUT2D eigenvalue weighted by Gasteiger charge is -2.08. The molecule has 3 N–H and O–H groups in total. The number of anilines is 1. The third kappa shape index (κ3) is 3.14. The minimum Gasteiger partial charge on any atom is -0.502 e. The summed E-state index contributed by atoms with van der Waals surface area (Å²) in [6.07, 6.45) is 0. The predicted octanol–water partition coefficient (Wildman–Crippen LogP) is 3.63. The molecule has 1 heterocycles. The fourth-order valence-electron chi connectivity index (χ4n) is 2.43. The number of hydrogen-bond donors (Lipinski definition) is 3. The van der Waals surface area contributed by atoms with Gasteiger partial charge < -0.3 is 24.1 Å². The molecule has 3 rings (SSSR count). The number of carbonyl (C=O) groups excluding carboxylic acids is 1. The highest BCUT2D eigenvalue weighted by Crippen LogP contribution is 2.48. The van der Waals surface area contributed by atoms with Gasteiger partial charge in [-0.15, -0.1) is 0 Å². The van der Waals surface area contributed by atoms with E-state index in [1.807, 2.05) is 0 Å². The third-order valence-corrected chi connectivity index (χ3v) is 3.77. The minimum atomic E-state index is -0.567. The minimum absolute atomic E-state index is 0.0367. The average molecular weight is 355 g/mol. The van der Waals surface area contributed by atoms with Crippen molar-refractivity contribution < 1.29 is 28.9 Å². The number of ether oxygens (including phenoxy) is 2. The molecule has 0 unspecified atom stereocenters. The van der Waals surface area contributed by atoms with E-state index in [9.17, 15) is 15.0 Å². The van der Waals surface area contributed by atoms with Crippen LogP contribution in [0.15, 0.2) is 52.9 Å². The summed E-state index contributed by atoms with van der Waals surface area (Å²) in [5.74, 6) is -0.927. The van der Waals surface area contributed by atoms with E-state index in [2.05, 4.69) is 5.32 Å². The fraction of sp³-hybridized carbons (Fsp3) is 0.105. The lowest BCUT2D eigenvalue weighted by molar-refractivity contribution is 0.102.